The smallest absolute Gasteiger partial charge is 0.257 e. The van der Waals surface area contributed by atoms with Gasteiger partial charge in [0.25, 0.3) is 5.91 Å². The van der Waals surface area contributed by atoms with Crippen molar-refractivity contribution in [2.75, 3.05) is 13.1 Å². The van der Waals surface area contributed by atoms with E-state index in [-0.39, 0.29) is 11.9 Å². The predicted molar refractivity (Wildman–Crippen MR) is 69.0 cm³/mol. The third kappa shape index (κ3) is 2.67. The van der Waals surface area contributed by atoms with Crippen LogP contribution in [0.5, 0.6) is 0 Å². The summed E-state index contributed by atoms with van der Waals surface area (Å²) >= 11 is 0. The van der Waals surface area contributed by atoms with Crippen molar-refractivity contribution in [2.24, 2.45) is 11.7 Å². The van der Waals surface area contributed by atoms with Gasteiger partial charge in [-0.3, -0.25) is 4.79 Å². The molecular weight excluding hydrogens is 228 g/mol. The second-order valence-electron chi connectivity index (χ2n) is 4.94. The van der Waals surface area contributed by atoms with E-state index < -0.39 is 0 Å². The molecule has 2 atom stereocenters. The van der Waals surface area contributed by atoms with E-state index in [1.165, 1.54) is 0 Å². The maximum atomic E-state index is 12.2. The highest BCUT2D eigenvalue weighted by Crippen LogP contribution is 2.21. The van der Waals surface area contributed by atoms with Gasteiger partial charge in [0.2, 0.25) is 0 Å². The monoisotopic (exact) mass is 248 g/mol. The van der Waals surface area contributed by atoms with Crippen LogP contribution in [0.2, 0.25) is 0 Å². The van der Waals surface area contributed by atoms with Gasteiger partial charge in [0.05, 0.1) is 5.56 Å². The summed E-state index contributed by atoms with van der Waals surface area (Å²) < 4.78 is 0. The standard InChI is InChI=1S/C13H20N4O/c1-3-4-10-7-17(8-12(10)14)13(18)11-5-15-9(2)16-6-11/h5-6,10,12H,3-4,7-8,14H2,1-2H3/t10-,12-/m1/s1. The van der Waals surface area contributed by atoms with Gasteiger partial charge in [0.15, 0.2) is 0 Å². The lowest BCUT2D eigenvalue weighted by atomic mass is 9.99. The fourth-order valence-electron chi connectivity index (χ4n) is 2.42. The van der Waals surface area contributed by atoms with E-state index in [4.69, 9.17) is 5.73 Å². The molecule has 0 bridgehead atoms. The fraction of sp³-hybridized carbons (Fsp3) is 0.615. The summed E-state index contributed by atoms with van der Waals surface area (Å²) in [7, 11) is 0. The van der Waals surface area contributed by atoms with Crippen LogP contribution in [0.4, 0.5) is 0 Å². The average molecular weight is 248 g/mol. The maximum absolute atomic E-state index is 12.2. The highest BCUT2D eigenvalue weighted by Gasteiger charge is 2.32. The average Bonchev–Trinajstić information content (AvgIpc) is 2.72. The summed E-state index contributed by atoms with van der Waals surface area (Å²) in [4.78, 5) is 22.2. The van der Waals surface area contributed by atoms with Gasteiger partial charge in [-0.25, -0.2) is 9.97 Å². The first-order valence-electron chi connectivity index (χ1n) is 6.45. The third-order valence-electron chi connectivity index (χ3n) is 3.47. The van der Waals surface area contributed by atoms with Crippen LogP contribution in [-0.2, 0) is 0 Å². The number of aromatic nitrogens is 2. The molecule has 0 radical (unpaired) electrons. The van der Waals surface area contributed by atoms with Crippen LogP contribution in [0, 0.1) is 12.8 Å². The Labute approximate surface area is 107 Å². The highest BCUT2D eigenvalue weighted by atomic mass is 16.2. The van der Waals surface area contributed by atoms with Crippen LogP contribution in [0.25, 0.3) is 0 Å². The van der Waals surface area contributed by atoms with Crippen LogP contribution >= 0.6 is 0 Å². The van der Waals surface area contributed by atoms with E-state index in [2.05, 4.69) is 16.9 Å². The van der Waals surface area contributed by atoms with Gasteiger partial charge in [-0.15, -0.1) is 0 Å². The Morgan fingerprint density at radius 2 is 2.11 bits per heavy atom. The molecule has 2 rings (SSSR count). The van der Waals surface area contributed by atoms with Gasteiger partial charge in [-0.2, -0.15) is 0 Å². The quantitative estimate of drug-likeness (QED) is 0.865. The van der Waals surface area contributed by atoms with E-state index in [0.29, 0.717) is 23.9 Å². The van der Waals surface area contributed by atoms with Gasteiger partial charge in [0, 0.05) is 31.5 Å². The zero-order valence-electron chi connectivity index (χ0n) is 11.0. The molecule has 1 saturated heterocycles. The molecule has 5 heteroatoms. The topological polar surface area (TPSA) is 72.1 Å². The molecule has 1 amide bonds. The third-order valence-corrected chi connectivity index (χ3v) is 3.47. The van der Waals surface area contributed by atoms with E-state index in [1.807, 2.05) is 4.90 Å². The lowest BCUT2D eigenvalue weighted by Gasteiger charge is -2.15. The largest absolute Gasteiger partial charge is 0.337 e. The molecule has 0 saturated carbocycles. The summed E-state index contributed by atoms with van der Waals surface area (Å²) in [6.07, 6.45) is 5.36. The fourth-order valence-corrected chi connectivity index (χ4v) is 2.42. The first-order chi connectivity index (χ1) is 8.61. The molecule has 5 nitrogen and oxygen atoms in total. The molecule has 1 fully saturated rings. The van der Waals surface area contributed by atoms with Gasteiger partial charge >= 0.3 is 0 Å². The molecular formula is C13H20N4O. The molecule has 0 unspecified atom stereocenters. The number of hydrogen-bond acceptors (Lipinski definition) is 4. The SMILES string of the molecule is CCC[C@@H]1CN(C(=O)c2cnc(C)nc2)C[C@H]1N. The van der Waals surface area contributed by atoms with Gasteiger partial charge in [-0.1, -0.05) is 13.3 Å². The Bertz CT molecular complexity index is 418. The molecule has 1 aromatic rings. The second-order valence-corrected chi connectivity index (χ2v) is 4.94. The Balaban J connectivity index is 2.04. The molecule has 1 aromatic heterocycles. The van der Waals surface area contributed by atoms with Crippen molar-refractivity contribution >= 4 is 5.91 Å². The van der Waals surface area contributed by atoms with Crippen LogP contribution in [0.1, 0.15) is 35.9 Å². The minimum atomic E-state index is -0.0101. The molecule has 0 aliphatic carbocycles. The maximum Gasteiger partial charge on any atom is 0.257 e. The molecule has 2 N–H and O–H groups in total. The van der Waals surface area contributed by atoms with Crippen LogP contribution < -0.4 is 5.73 Å². The molecule has 0 aromatic carbocycles. The van der Waals surface area contributed by atoms with E-state index >= 15 is 0 Å². The van der Waals surface area contributed by atoms with Crippen molar-refractivity contribution in [3.05, 3.63) is 23.8 Å². The Kier molecular flexibility index (Phi) is 3.91. The van der Waals surface area contributed by atoms with Crippen molar-refractivity contribution in [3.8, 4) is 0 Å². The number of nitrogens with zero attached hydrogens (tertiary/aromatic N) is 3. The summed E-state index contributed by atoms with van der Waals surface area (Å²) in [5, 5.41) is 0. The van der Waals surface area contributed by atoms with Gasteiger partial charge < -0.3 is 10.6 Å². The summed E-state index contributed by atoms with van der Waals surface area (Å²) in [5.41, 5.74) is 6.62. The highest BCUT2D eigenvalue weighted by molar-refractivity contribution is 5.93. The second kappa shape index (κ2) is 5.44. The van der Waals surface area contributed by atoms with Gasteiger partial charge in [-0.05, 0) is 19.3 Å². The molecule has 0 spiro atoms. The number of amides is 1. The van der Waals surface area contributed by atoms with Crippen LogP contribution in [0.3, 0.4) is 0 Å². The number of likely N-dealkylation sites (tertiary alicyclic amines) is 1. The van der Waals surface area contributed by atoms with Crippen molar-refractivity contribution in [1.29, 1.82) is 0 Å². The Morgan fingerprint density at radius 3 is 2.72 bits per heavy atom. The lowest BCUT2D eigenvalue weighted by Crippen LogP contribution is -2.32. The minimum absolute atomic E-state index is 0.0101. The van der Waals surface area contributed by atoms with Crippen molar-refractivity contribution < 1.29 is 4.79 Å². The molecule has 18 heavy (non-hydrogen) atoms. The number of nitrogens with two attached hydrogens (primary N) is 1. The zero-order chi connectivity index (χ0) is 13.1. The number of rotatable bonds is 3. The molecule has 1 aliphatic heterocycles. The minimum Gasteiger partial charge on any atom is -0.337 e. The van der Waals surface area contributed by atoms with E-state index in [1.54, 1.807) is 19.3 Å². The summed E-state index contributed by atoms with van der Waals surface area (Å²) in [6, 6.07) is 0.0975. The molecule has 98 valence electrons. The van der Waals surface area contributed by atoms with E-state index in [9.17, 15) is 4.79 Å². The van der Waals surface area contributed by atoms with Crippen LogP contribution in [0.15, 0.2) is 12.4 Å². The predicted octanol–water partition coefficient (Wildman–Crippen LogP) is 0.984. The molecule has 2 heterocycles. The molecule has 1 aliphatic rings. The summed E-state index contributed by atoms with van der Waals surface area (Å²) in [5.74, 6) is 1.09. The van der Waals surface area contributed by atoms with Crippen molar-refractivity contribution in [3.63, 3.8) is 0 Å². The van der Waals surface area contributed by atoms with Crippen molar-refractivity contribution in [1.82, 2.24) is 14.9 Å². The lowest BCUT2D eigenvalue weighted by molar-refractivity contribution is 0.0784. The number of carbonyl (C=O) groups is 1. The number of aryl methyl sites for hydroxylation is 1. The Morgan fingerprint density at radius 1 is 1.44 bits per heavy atom. The Hall–Kier alpha value is -1.49. The van der Waals surface area contributed by atoms with E-state index in [0.717, 1.165) is 19.4 Å². The van der Waals surface area contributed by atoms with Crippen molar-refractivity contribution in [2.45, 2.75) is 32.7 Å². The van der Waals surface area contributed by atoms with Gasteiger partial charge in [0.1, 0.15) is 5.82 Å². The first kappa shape index (κ1) is 13.0. The number of carbonyl (C=O) groups excluding carboxylic acids is 1. The summed E-state index contributed by atoms with van der Waals surface area (Å²) in [6.45, 7) is 5.33. The first-order valence-corrected chi connectivity index (χ1v) is 6.45. The normalized spacial score (nSPS) is 23.4. The number of hydrogen-bond donors (Lipinski definition) is 1. The zero-order valence-corrected chi connectivity index (χ0v) is 11.0. The van der Waals surface area contributed by atoms with Crippen LogP contribution in [-0.4, -0.2) is 39.9 Å².